The van der Waals surface area contributed by atoms with Crippen molar-refractivity contribution in [3.05, 3.63) is 90.0 Å². The molecule has 0 N–H and O–H groups in total. The first-order valence-electron chi connectivity index (χ1n) is 25.8. The fourth-order valence-corrected chi connectivity index (χ4v) is 9.04. The topological polar surface area (TPSA) is 187 Å². The molecule has 0 spiro atoms. The summed E-state index contributed by atoms with van der Waals surface area (Å²) >= 11 is 0. The van der Waals surface area contributed by atoms with E-state index in [2.05, 4.69) is 4.98 Å². The van der Waals surface area contributed by atoms with Gasteiger partial charge in [0.2, 0.25) is 0 Å². The standard InChI is InChI=1S/C56H82N6O11/c1-35(2)26-45-53(66)70-39(9)50(63)60(13)48(29-38(7)8)56(69)73-49(31-41-18-16-15-17-19-41)52(65)61(14)46(27-36(3)4)54(67)71-40(10)51(64)59(12)47(28-37(5)6)55(68)72-44(33-58(45)11)30-42-20-22-43(23-21-42)32-62-25-24-57-34-62/h15-25,34-40,44-49H,26-33H2,1-14H3/t39-,40-,44-,45+,46+,47+,48+,49-/m1/s1. The van der Waals surface area contributed by atoms with Gasteiger partial charge in [0.25, 0.3) is 17.7 Å². The first-order chi connectivity index (χ1) is 34.4. The summed E-state index contributed by atoms with van der Waals surface area (Å²) in [6, 6.07) is 12.4. The first-order valence-corrected chi connectivity index (χ1v) is 25.8. The number of amides is 3. The summed E-state index contributed by atoms with van der Waals surface area (Å²) in [5.74, 6) is -5.45. The van der Waals surface area contributed by atoms with Gasteiger partial charge in [0.15, 0.2) is 18.3 Å². The summed E-state index contributed by atoms with van der Waals surface area (Å²) in [5, 5.41) is 0. The third-order valence-electron chi connectivity index (χ3n) is 13.1. The van der Waals surface area contributed by atoms with Crippen LogP contribution in [0.4, 0.5) is 0 Å². The summed E-state index contributed by atoms with van der Waals surface area (Å²) in [5.41, 5.74) is 2.55. The molecule has 3 amide bonds. The number of aromatic nitrogens is 2. The molecule has 1 fully saturated rings. The number of ether oxygens (including phenoxy) is 4. The molecule has 3 aromatic rings. The van der Waals surface area contributed by atoms with Gasteiger partial charge in [-0.3, -0.25) is 24.1 Å². The Balaban J connectivity index is 1.82. The molecule has 0 radical (unpaired) electrons. The highest BCUT2D eigenvalue weighted by atomic mass is 16.6. The number of likely N-dealkylation sites (N-methyl/N-ethyl adjacent to an activating group) is 4. The summed E-state index contributed by atoms with van der Waals surface area (Å²) in [4.78, 5) is 111. The lowest BCUT2D eigenvalue weighted by Crippen LogP contribution is -2.54. The molecule has 17 heteroatoms. The van der Waals surface area contributed by atoms with Crippen LogP contribution < -0.4 is 0 Å². The minimum atomic E-state index is -1.45. The number of hydrogen-bond acceptors (Lipinski definition) is 13. The minimum Gasteiger partial charge on any atom is -0.459 e. The summed E-state index contributed by atoms with van der Waals surface area (Å²) < 4.78 is 26.3. The Morgan fingerprint density at radius 3 is 1.38 bits per heavy atom. The average Bonchev–Trinajstić information content (AvgIpc) is 3.85. The smallest absolute Gasteiger partial charge is 0.329 e. The number of esters is 4. The maximum atomic E-state index is 14.7. The van der Waals surface area contributed by atoms with E-state index in [9.17, 15) is 33.6 Å². The largest absolute Gasteiger partial charge is 0.459 e. The fourth-order valence-electron chi connectivity index (χ4n) is 9.04. The van der Waals surface area contributed by atoms with E-state index in [-0.39, 0.29) is 62.3 Å². The van der Waals surface area contributed by atoms with Gasteiger partial charge in [0, 0.05) is 59.5 Å². The third-order valence-corrected chi connectivity index (χ3v) is 13.1. The minimum absolute atomic E-state index is 0.00725. The fraction of sp³-hybridized carbons (Fsp3) is 0.607. The van der Waals surface area contributed by atoms with Crippen LogP contribution in [-0.4, -0.2) is 154 Å². The molecular formula is C56H82N6O11. The maximum absolute atomic E-state index is 14.7. The first kappa shape index (κ1) is 59.5. The van der Waals surface area contributed by atoms with Crippen LogP contribution in [-0.2, 0) is 71.9 Å². The lowest BCUT2D eigenvalue weighted by atomic mass is 10.00. The zero-order valence-corrected chi connectivity index (χ0v) is 45.7. The quantitative estimate of drug-likeness (QED) is 0.128. The number of imidazole rings is 1. The van der Waals surface area contributed by atoms with Crippen molar-refractivity contribution in [2.75, 3.05) is 34.7 Å². The second-order valence-electron chi connectivity index (χ2n) is 21.5. The number of benzene rings is 2. The van der Waals surface area contributed by atoms with E-state index in [0.717, 1.165) is 11.1 Å². The molecule has 0 saturated carbocycles. The third kappa shape index (κ3) is 17.8. The Hall–Kier alpha value is -6.10. The van der Waals surface area contributed by atoms with Gasteiger partial charge in [-0.1, -0.05) is 110 Å². The summed E-state index contributed by atoms with van der Waals surface area (Å²) in [7, 11) is 6.06. The molecule has 402 valence electrons. The summed E-state index contributed by atoms with van der Waals surface area (Å²) in [6.07, 6.45) is 1.30. The van der Waals surface area contributed by atoms with E-state index < -0.39 is 90.2 Å². The predicted octanol–water partition coefficient (Wildman–Crippen LogP) is 6.38. The number of carbonyl (C=O) groups excluding carboxylic acids is 7. The van der Waals surface area contributed by atoms with Crippen molar-refractivity contribution in [2.45, 2.75) is 163 Å². The van der Waals surface area contributed by atoms with E-state index in [1.165, 1.54) is 49.7 Å². The van der Waals surface area contributed by atoms with Crippen molar-refractivity contribution < 1.29 is 52.5 Å². The SMILES string of the molecule is CC(C)C[C@H]1C(=O)O[C@H](C)C(=O)N(C)[C@@H](CC(C)C)C(=O)O[C@H](Cc2ccccc2)C(=O)N(C)[C@@H](CC(C)C)C(=O)O[C@H](C)C(=O)N(C)[C@@H](CC(C)C)C(=O)O[C@H](Cc2ccc(Cn3ccnc3)cc2)CN1C. The van der Waals surface area contributed by atoms with E-state index in [1.807, 2.05) is 96.5 Å². The Kier molecular flexibility index (Phi) is 22.7. The van der Waals surface area contributed by atoms with Crippen LogP contribution in [0.15, 0.2) is 73.3 Å². The molecule has 1 aliphatic heterocycles. The normalized spacial score (nSPS) is 24.5. The van der Waals surface area contributed by atoms with E-state index in [1.54, 1.807) is 48.7 Å². The molecule has 0 unspecified atom stereocenters. The molecular weight excluding hydrogens is 933 g/mol. The lowest BCUT2D eigenvalue weighted by molar-refractivity contribution is -0.174. The van der Waals surface area contributed by atoms with Crippen molar-refractivity contribution in [1.29, 1.82) is 0 Å². The van der Waals surface area contributed by atoms with Gasteiger partial charge in [-0.15, -0.1) is 0 Å². The van der Waals surface area contributed by atoms with Crippen LogP contribution in [0.3, 0.4) is 0 Å². The van der Waals surface area contributed by atoms with Gasteiger partial charge in [-0.25, -0.2) is 19.4 Å². The molecule has 8 atom stereocenters. The molecule has 0 bridgehead atoms. The van der Waals surface area contributed by atoms with E-state index in [0.29, 0.717) is 18.5 Å². The molecule has 0 aliphatic carbocycles. The molecule has 1 aliphatic rings. The Bertz CT molecular complexity index is 2270. The number of hydrogen-bond donors (Lipinski definition) is 0. The van der Waals surface area contributed by atoms with Crippen LogP contribution in [0, 0.1) is 23.7 Å². The van der Waals surface area contributed by atoms with E-state index in [4.69, 9.17) is 18.9 Å². The van der Waals surface area contributed by atoms with Crippen LogP contribution in [0.5, 0.6) is 0 Å². The van der Waals surface area contributed by atoms with Crippen molar-refractivity contribution in [2.24, 2.45) is 23.7 Å². The molecule has 17 nitrogen and oxygen atoms in total. The van der Waals surface area contributed by atoms with Gasteiger partial charge in [-0.2, -0.15) is 0 Å². The lowest BCUT2D eigenvalue weighted by Gasteiger charge is -2.35. The second kappa shape index (κ2) is 27.8. The van der Waals surface area contributed by atoms with Crippen LogP contribution >= 0.6 is 0 Å². The molecule has 2 heterocycles. The van der Waals surface area contributed by atoms with Gasteiger partial charge < -0.3 is 38.2 Å². The highest BCUT2D eigenvalue weighted by Gasteiger charge is 2.41. The Morgan fingerprint density at radius 1 is 0.507 bits per heavy atom. The predicted molar refractivity (Wildman–Crippen MR) is 276 cm³/mol. The molecule has 4 rings (SSSR count). The highest BCUT2D eigenvalue weighted by molar-refractivity contribution is 5.93. The van der Waals surface area contributed by atoms with Crippen molar-refractivity contribution in [1.82, 2.24) is 29.2 Å². The van der Waals surface area contributed by atoms with Gasteiger partial charge in [0.1, 0.15) is 30.3 Å². The number of rotatable bonds is 14. The van der Waals surface area contributed by atoms with Crippen molar-refractivity contribution in [3.63, 3.8) is 0 Å². The van der Waals surface area contributed by atoms with Crippen LogP contribution in [0.1, 0.15) is 112 Å². The highest BCUT2D eigenvalue weighted by Crippen LogP contribution is 2.24. The van der Waals surface area contributed by atoms with Crippen LogP contribution in [0.25, 0.3) is 0 Å². The summed E-state index contributed by atoms with van der Waals surface area (Å²) in [6.45, 7) is 18.8. The average molecular weight is 1020 g/mol. The molecule has 1 saturated heterocycles. The Morgan fingerprint density at radius 2 is 0.918 bits per heavy atom. The number of nitrogens with zero attached hydrogens (tertiary/aromatic N) is 6. The molecule has 2 aromatic carbocycles. The van der Waals surface area contributed by atoms with Gasteiger partial charge in [-0.05, 0) is 86.9 Å². The zero-order valence-electron chi connectivity index (χ0n) is 45.7. The molecule has 73 heavy (non-hydrogen) atoms. The van der Waals surface area contributed by atoms with Crippen molar-refractivity contribution in [3.8, 4) is 0 Å². The monoisotopic (exact) mass is 1010 g/mol. The van der Waals surface area contributed by atoms with E-state index >= 15 is 0 Å². The van der Waals surface area contributed by atoms with Gasteiger partial charge >= 0.3 is 23.9 Å². The van der Waals surface area contributed by atoms with Crippen molar-refractivity contribution >= 4 is 41.6 Å². The molecule has 1 aromatic heterocycles. The number of cyclic esters (lactones) is 4. The van der Waals surface area contributed by atoms with Crippen LogP contribution in [0.2, 0.25) is 0 Å². The zero-order chi connectivity index (χ0) is 54.3. The van der Waals surface area contributed by atoms with Gasteiger partial charge in [0.05, 0.1) is 6.33 Å². The second-order valence-corrected chi connectivity index (χ2v) is 21.5. The maximum Gasteiger partial charge on any atom is 0.329 e. The number of carbonyl (C=O) groups is 7. The Labute approximate surface area is 433 Å².